The van der Waals surface area contributed by atoms with E-state index in [0.29, 0.717) is 11.1 Å². The summed E-state index contributed by atoms with van der Waals surface area (Å²) in [5, 5.41) is 26.8. The first-order valence-corrected chi connectivity index (χ1v) is 18.3. The van der Waals surface area contributed by atoms with Crippen LogP contribution in [0.5, 0.6) is 0 Å². The highest BCUT2D eigenvalue weighted by Gasteiger charge is 2.19. The lowest BCUT2D eigenvalue weighted by molar-refractivity contribution is 1.16. The van der Waals surface area contributed by atoms with Gasteiger partial charge >= 0.3 is 0 Å². The van der Waals surface area contributed by atoms with Crippen molar-refractivity contribution in [2.75, 3.05) is 0 Å². The fraction of sp³-hybridized carbons (Fsp3) is 0. The molecule has 0 fully saturated rings. The summed E-state index contributed by atoms with van der Waals surface area (Å²) in [4.78, 5) is 0. The second kappa shape index (κ2) is 11.8. The standard InChI is InChI=1S/C50H29N5/c51-30-32-18-25-48(42(27-32)34-19-21-35(22-20-34)53-44-13-5-3-11-39(44)41-24-17-33(31-52)28-50(41)53)55-47-16-8-4-12-40(47)43-29-36(23-26-49(43)55)54-45-14-6-1-9-37(45)38-10-2-7-15-46(38)54/h1-29H. The summed E-state index contributed by atoms with van der Waals surface area (Å²) in [7, 11) is 0. The van der Waals surface area contributed by atoms with E-state index in [1.165, 1.54) is 21.8 Å². The van der Waals surface area contributed by atoms with Crippen LogP contribution in [0, 0.1) is 22.7 Å². The first kappa shape index (κ1) is 30.7. The van der Waals surface area contributed by atoms with Crippen LogP contribution < -0.4 is 0 Å². The number of hydrogen-bond acceptors (Lipinski definition) is 2. The second-order valence-corrected chi connectivity index (χ2v) is 14.0. The molecule has 0 atom stereocenters. The minimum absolute atomic E-state index is 0.601. The Balaban J connectivity index is 1.10. The molecule has 0 amide bonds. The third-order valence-corrected chi connectivity index (χ3v) is 11.1. The van der Waals surface area contributed by atoms with Crippen molar-refractivity contribution in [1.29, 1.82) is 10.5 Å². The van der Waals surface area contributed by atoms with Crippen LogP contribution in [0.4, 0.5) is 0 Å². The predicted molar refractivity (Wildman–Crippen MR) is 224 cm³/mol. The summed E-state index contributed by atoms with van der Waals surface area (Å²) >= 11 is 0. The van der Waals surface area contributed by atoms with Crippen LogP contribution in [-0.2, 0) is 0 Å². The van der Waals surface area contributed by atoms with E-state index in [4.69, 9.17) is 0 Å². The Kier molecular flexibility index (Phi) is 6.61. The number of hydrogen-bond donors (Lipinski definition) is 0. The SMILES string of the molecule is N#Cc1ccc(-n2c3ccccc3c3cc(-n4c5ccccc5c5ccccc54)ccc32)c(-c2ccc(-n3c4ccccc4c4ccc(C#N)cc43)cc2)c1. The number of fused-ring (bicyclic) bond motifs is 9. The Hall–Kier alpha value is -7.86. The molecule has 11 aromatic rings. The van der Waals surface area contributed by atoms with Crippen molar-refractivity contribution in [3.63, 3.8) is 0 Å². The molecule has 11 rings (SSSR count). The van der Waals surface area contributed by atoms with Crippen LogP contribution in [0.25, 0.3) is 93.6 Å². The van der Waals surface area contributed by atoms with Crippen LogP contribution in [0.1, 0.15) is 11.1 Å². The Morgan fingerprint density at radius 3 is 1.38 bits per heavy atom. The summed E-state index contributed by atoms with van der Waals surface area (Å²) in [5.41, 5.74) is 12.9. The van der Waals surface area contributed by atoms with Gasteiger partial charge in [0.05, 0.1) is 62.1 Å². The minimum Gasteiger partial charge on any atom is -0.309 e. The largest absolute Gasteiger partial charge is 0.309 e. The van der Waals surface area contributed by atoms with E-state index >= 15 is 0 Å². The normalized spacial score (nSPS) is 11.6. The zero-order valence-electron chi connectivity index (χ0n) is 29.5. The number of nitrogens with zero attached hydrogens (tertiary/aromatic N) is 5. The van der Waals surface area contributed by atoms with Gasteiger partial charge in [0.15, 0.2) is 0 Å². The zero-order valence-corrected chi connectivity index (χ0v) is 29.5. The van der Waals surface area contributed by atoms with Crippen molar-refractivity contribution in [3.05, 3.63) is 187 Å². The molecule has 0 spiro atoms. The monoisotopic (exact) mass is 699 g/mol. The van der Waals surface area contributed by atoms with Crippen LogP contribution in [0.3, 0.4) is 0 Å². The summed E-state index contributed by atoms with van der Waals surface area (Å²) in [6, 6.07) is 66.0. The fourth-order valence-corrected chi connectivity index (χ4v) is 8.70. The van der Waals surface area contributed by atoms with Gasteiger partial charge in [0.25, 0.3) is 0 Å². The van der Waals surface area contributed by atoms with Gasteiger partial charge in [-0.05, 0) is 90.5 Å². The van der Waals surface area contributed by atoms with Crippen molar-refractivity contribution in [2.24, 2.45) is 0 Å². The van der Waals surface area contributed by atoms with Gasteiger partial charge in [0.1, 0.15) is 0 Å². The molecule has 0 aliphatic heterocycles. The lowest BCUT2D eigenvalue weighted by Gasteiger charge is -2.16. The van der Waals surface area contributed by atoms with Crippen molar-refractivity contribution < 1.29 is 0 Å². The van der Waals surface area contributed by atoms with E-state index in [1.807, 2.05) is 30.3 Å². The summed E-state index contributed by atoms with van der Waals surface area (Å²) in [6.07, 6.45) is 0. The molecule has 0 aliphatic rings. The average Bonchev–Trinajstić information content (AvgIpc) is 3.88. The van der Waals surface area contributed by atoms with E-state index in [0.717, 1.165) is 71.8 Å². The fourth-order valence-electron chi connectivity index (χ4n) is 8.70. The molecular formula is C50H29N5. The molecule has 0 saturated heterocycles. The number of para-hydroxylation sites is 4. The van der Waals surface area contributed by atoms with E-state index in [2.05, 4.69) is 171 Å². The first-order valence-electron chi connectivity index (χ1n) is 18.3. The number of benzene rings is 8. The maximum atomic E-state index is 10.1. The van der Waals surface area contributed by atoms with Gasteiger partial charge in [-0.2, -0.15) is 10.5 Å². The van der Waals surface area contributed by atoms with Crippen LogP contribution >= 0.6 is 0 Å². The van der Waals surface area contributed by atoms with Crippen molar-refractivity contribution in [3.8, 4) is 40.3 Å². The highest BCUT2D eigenvalue weighted by molar-refractivity contribution is 6.13. The van der Waals surface area contributed by atoms with Gasteiger partial charge in [-0.15, -0.1) is 0 Å². The molecule has 5 heteroatoms. The number of rotatable bonds is 4. The molecule has 0 unspecified atom stereocenters. The highest BCUT2D eigenvalue weighted by atomic mass is 15.0. The molecule has 3 heterocycles. The third-order valence-electron chi connectivity index (χ3n) is 11.1. The van der Waals surface area contributed by atoms with E-state index < -0.39 is 0 Å². The molecular weight excluding hydrogens is 671 g/mol. The molecule has 0 aliphatic carbocycles. The Labute approximate surface area is 316 Å². The zero-order chi connectivity index (χ0) is 36.6. The molecule has 8 aromatic carbocycles. The van der Waals surface area contributed by atoms with E-state index in [1.54, 1.807) is 0 Å². The van der Waals surface area contributed by atoms with Gasteiger partial charge in [-0.25, -0.2) is 0 Å². The number of aromatic nitrogens is 3. The van der Waals surface area contributed by atoms with Gasteiger partial charge < -0.3 is 13.7 Å². The molecule has 0 N–H and O–H groups in total. The lowest BCUT2D eigenvalue weighted by Crippen LogP contribution is -1.99. The van der Waals surface area contributed by atoms with Gasteiger partial charge in [-0.1, -0.05) is 91.0 Å². The number of nitriles is 2. The Morgan fingerprint density at radius 2 is 0.782 bits per heavy atom. The van der Waals surface area contributed by atoms with Crippen LogP contribution in [-0.4, -0.2) is 13.7 Å². The maximum absolute atomic E-state index is 10.1. The van der Waals surface area contributed by atoms with Crippen LogP contribution in [0.2, 0.25) is 0 Å². The minimum atomic E-state index is 0.601. The van der Waals surface area contributed by atoms with Gasteiger partial charge in [-0.3, -0.25) is 0 Å². The molecule has 0 saturated carbocycles. The third kappa shape index (κ3) is 4.51. The molecule has 5 nitrogen and oxygen atoms in total. The molecule has 55 heavy (non-hydrogen) atoms. The van der Waals surface area contributed by atoms with E-state index in [-0.39, 0.29) is 0 Å². The average molecular weight is 700 g/mol. The van der Waals surface area contributed by atoms with Crippen molar-refractivity contribution >= 4 is 65.4 Å². The van der Waals surface area contributed by atoms with Crippen molar-refractivity contribution in [1.82, 2.24) is 13.7 Å². The van der Waals surface area contributed by atoms with Crippen LogP contribution in [0.15, 0.2) is 176 Å². The molecule has 0 bridgehead atoms. The molecule has 0 radical (unpaired) electrons. The topological polar surface area (TPSA) is 62.4 Å². The summed E-state index contributed by atoms with van der Waals surface area (Å²) < 4.78 is 6.92. The van der Waals surface area contributed by atoms with Gasteiger partial charge in [0, 0.05) is 49.3 Å². The quantitative estimate of drug-likeness (QED) is 0.184. The summed E-state index contributed by atoms with van der Waals surface area (Å²) in [5.74, 6) is 0. The second-order valence-electron chi connectivity index (χ2n) is 14.0. The summed E-state index contributed by atoms with van der Waals surface area (Å²) in [6.45, 7) is 0. The predicted octanol–water partition coefficient (Wildman–Crippen LogP) is 12.4. The van der Waals surface area contributed by atoms with E-state index in [9.17, 15) is 10.5 Å². The van der Waals surface area contributed by atoms with Crippen molar-refractivity contribution in [2.45, 2.75) is 0 Å². The Bertz CT molecular complexity index is 3400. The smallest absolute Gasteiger partial charge is 0.0992 e. The first-order chi connectivity index (χ1) is 27.2. The Morgan fingerprint density at radius 1 is 0.327 bits per heavy atom. The van der Waals surface area contributed by atoms with Gasteiger partial charge in [0.2, 0.25) is 0 Å². The molecule has 3 aromatic heterocycles. The highest BCUT2D eigenvalue weighted by Crippen LogP contribution is 2.40. The lowest BCUT2D eigenvalue weighted by atomic mass is 10.00. The maximum Gasteiger partial charge on any atom is 0.0992 e. The molecule has 254 valence electrons.